The highest BCUT2D eigenvalue weighted by atomic mass is 32.2. The molecule has 2 amide bonds. The van der Waals surface area contributed by atoms with Crippen LogP contribution in [0, 0.1) is 31.1 Å². The Morgan fingerprint density at radius 1 is 0.886 bits per heavy atom. The van der Waals surface area contributed by atoms with E-state index in [9.17, 15) is 14.9 Å². The molecule has 178 valence electrons. The third kappa shape index (κ3) is 4.71. The summed E-state index contributed by atoms with van der Waals surface area (Å²) in [5.74, 6) is 0.113. The molecule has 0 spiro atoms. The molecule has 0 radical (unpaired) electrons. The maximum absolute atomic E-state index is 13.5. The highest BCUT2D eigenvalue weighted by Gasteiger charge is 2.37. The molecule has 0 atom stereocenters. The maximum atomic E-state index is 13.5. The molecule has 35 heavy (non-hydrogen) atoms. The minimum atomic E-state index is -0.274. The summed E-state index contributed by atoms with van der Waals surface area (Å²) in [5, 5.41) is 12.8. The first kappa shape index (κ1) is 23.3. The van der Waals surface area contributed by atoms with E-state index in [-0.39, 0.29) is 23.3 Å². The molecule has 2 fully saturated rings. The summed E-state index contributed by atoms with van der Waals surface area (Å²) < 4.78 is 0. The zero-order chi connectivity index (χ0) is 24.5. The van der Waals surface area contributed by atoms with Crippen molar-refractivity contribution in [3.8, 4) is 6.07 Å². The van der Waals surface area contributed by atoms with Gasteiger partial charge in [-0.3, -0.25) is 9.59 Å². The van der Waals surface area contributed by atoms with Crippen LogP contribution in [0.5, 0.6) is 0 Å². The number of nitrogens with zero attached hydrogens (tertiary/aromatic N) is 4. The second-order valence-electron chi connectivity index (χ2n) is 9.34. The summed E-state index contributed by atoms with van der Waals surface area (Å²) in [6, 6.07) is 18.6. The summed E-state index contributed by atoms with van der Waals surface area (Å²) in [6.07, 6.45) is 1.95. The van der Waals surface area contributed by atoms with Crippen molar-refractivity contribution in [2.24, 2.45) is 5.92 Å². The molecule has 1 saturated heterocycles. The van der Waals surface area contributed by atoms with Crippen LogP contribution >= 0.6 is 11.8 Å². The van der Waals surface area contributed by atoms with E-state index in [2.05, 4.69) is 37.3 Å². The summed E-state index contributed by atoms with van der Waals surface area (Å²) in [7, 11) is 0. The smallest absolute Gasteiger partial charge is 0.267 e. The molecule has 2 aliphatic heterocycles. The first-order valence-electron chi connectivity index (χ1n) is 12.0. The van der Waals surface area contributed by atoms with Gasteiger partial charge in [-0.25, -0.2) is 0 Å². The van der Waals surface area contributed by atoms with Crippen LogP contribution < -0.4 is 4.90 Å². The number of hydrogen-bond acceptors (Lipinski definition) is 5. The predicted octanol–water partition coefficient (Wildman–Crippen LogP) is 4.67. The van der Waals surface area contributed by atoms with Gasteiger partial charge in [0.1, 0.15) is 16.7 Å². The van der Waals surface area contributed by atoms with Gasteiger partial charge in [0.05, 0.1) is 5.70 Å². The number of carbonyl (C=O) groups excluding carboxylic acids is 2. The van der Waals surface area contributed by atoms with Crippen molar-refractivity contribution in [2.75, 3.05) is 31.1 Å². The average molecular weight is 485 g/mol. The lowest BCUT2D eigenvalue weighted by Gasteiger charge is -2.35. The lowest BCUT2D eigenvalue weighted by molar-refractivity contribution is -0.138. The predicted molar refractivity (Wildman–Crippen MR) is 139 cm³/mol. The Morgan fingerprint density at radius 3 is 2.03 bits per heavy atom. The van der Waals surface area contributed by atoms with Crippen molar-refractivity contribution < 1.29 is 9.59 Å². The zero-order valence-electron chi connectivity index (χ0n) is 20.0. The molecule has 0 N–H and O–H groups in total. The standard InChI is InChI=1S/C28H28N4O2S/c1-19-3-7-21(8-4-19)25-18-35-28(32(25)23-11-5-20(2)6-12-23)24(17-29)27(34)31-15-13-30(14-16-31)26(33)22-9-10-22/h3-8,11-12,18,22H,9-10,13-16H2,1-2H3/b28-24-. The Hall–Kier alpha value is -3.50. The van der Waals surface area contributed by atoms with Crippen molar-refractivity contribution in [2.45, 2.75) is 26.7 Å². The number of aryl methyl sites for hydroxylation is 2. The molecule has 1 aliphatic carbocycles. The molecule has 1 saturated carbocycles. The van der Waals surface area contributed by atoms with Gasteiger partial charge in [0.15, 0.2) is 0 Å². The summed E-state index contributed by atoms with van der Waals surface area (Å²) in [5.41, 5.74) is 5.32. The summed E-state index contributed by atoms with van der Waals surface area (Å²) >= 11 is 1.41. The second kappa shape index (κ2) is 9.63. The second-order valence-corrected chi connectivity index (χ2v) is 10.2. The van der Waals surface area contributed by atoms with E-state index in [1.54, 1.807) is 4.90 Å². The quantitative estimate of drug-likeness (QED) is 0.466. The molecule has 2 aromatic rings. The van der Waals surface area contributed by atoms with Gasteiger partial charge in [-0.1, -0.05) is 59.3 Å². The number of rotatable bonds is 4. The number of hydrogen-bond donors (Lipinski definition) is 0. The molecule has 0 bridgehead atoms. The van der Waals surface area contributed by atoms with E-state index in [0.717, 1.165) is 35.4 Å². The minimum Gasteiger partial charge on any atom is -0.339 e. The molecular formula is C28H28N4O2S. The zero-order valence-corrected chi connectivity index (χ0v) is 20.8. The molecule has 0 aromatic heterocycles. The normalized spacial score (nSPS) is 19.3. The number of anilines is 1. The molecule has 3 aliphatic rings. The van der Waals surface area contributed by atoms with E-state index < -0.39 is 0 Å². The van der Waals surface area contributed by atoms with E-state index in [0.29, 0.717) is 31.2 Å². The van der Waals surface area contributed by atoms with Gasteiger partial charge in [0, 0.05) is 43.2 Å². The first-order valence-corrected chi connectivity index (χ1v) is 12.9. The number of benzene rings is 2. The third-order valence-corrected chi connectivity index (χ3v) is 7.66. The van der Waals surface area contributed by atoms with Crippen molar-refractivity contribution in [3.05, 3.63) is 81.2 Å². The van der Waals surface area contributed by atoms with Crippen LogP contribution in [0.15, 0.2) is 64.5 Å². The summed E-state index contributed by atoms with van der Waals surface area (Å²) in [4.78, 5) is 31.5. The molecule has 7 heteroatoms. The lowest BCUT2D eigenvalue weighted by atomic mass is 10.1. The van der Waals surface area contributed by atoms with Gasteiger partial charge >= 0.3 is 0 Å². The lowest BCUT2D eigenvalue weighted by Crippen LogP contribution is -2.51. The van der Waals surface area contributed by atoms with Gasteiger partial charge in [-0.15, -0.1) is 0 Å². The molecular weight excluding hydrogens is 456 g/mol. The Labute approximate surface area is 210 Å². The van der Waals surface area contributed by atoms with E-state index in [1.807, 2.05) is 46.4 Å². The van der Waals surface area contributed by atoms with Crippen molar-refractivity contribution in [1.82, 2.24) is 9.80 Å². The van der Waals surface area contributed by atoms with E-state index in [1.165, 1.54) is 17.3 Å². The Morgan fingerprint density at radius 2 is 1.46 bits per heavy atom. The Balaban J connectivity index is 1.44. The van der Waals surface area contributed by atoms with Crippen LogP contribution in [0.25, 0.3) is 5.70 Å². The Kier molecular flexibility index (Phi) is 6.40. The number of thioether (sulfide) groups is 1. The third-order valence-electron chi connectivity index (χ3n) is 6.71. The highest BCUT2D eigenvalue weighted by molar-refractivity contribution is 8.06. The number of carbonyl (C=O) groups is 2. The fourth-order valence-electron chi connectivity index (χ4n) is 4.43. The van der Waals surface area contributed by atoms with Crippen LogP contribution in [-0.4, -0.2) is 47.8 Å². The monoisotopic (exact) mass is 484 g/mol. The van der Waals surface area contributed by atoms with Crippen LogP contribution in [0.1, 0.15) is 29.5 Å². The van der Waals surface area contributed by atoms with Gasteiger partial charge in [-0.2, -0.15) is 5.26 Å². The largest absolute Gasteiger partial charge is 0.339 e. The van der Waals surface area contributed by atoms with Gasteiger partial charge in [0.2, 0.25) is 5.91 Å². The van der Waals surface area contributed by atoms with Crippen molar-refractivity contribution in [1.29, 1.82) is 5.26 Å². The summed E-state index contributed by atoms with van der Waals surface area (Å²) in [6.45, 7) is 6.03. The molecule has 5 rings (SSSR count). The fraction of sp³-hybridized carbons (Fsp3) is 0.321. The number of piperazine rings is 1. The molecule has 6 nitrogen and oxygen atoms in total. The van der Waals surface area contributed by atoms with Gasteiger partial charge in [0.25, 0.3) is 5.91 Å². The van der Waals surface area contributed by atoms with Gasteiger partial charge in [-0.05, 0) is 44.4 Å². The first-order chi connectivity index (χ1) is 17.0. The number of nitriles is 1. The molecule has 2 heterocycles. The average Bonchev–Trinajstić information content (AvgIpc) is 3.65. The van der Waals surface area contributed by atoms with Crippen molar-refractivity contribution in [3.63, 3.8) is 0 Å². The SMILES string of the molecule is Cc1ccc(C2=CS/C(=C(/C#N)C(=O)N3CCN(C(=O)C4CC4)CC3)N2c2ccc(C)cc2)cc1. The number of amides is 2. The van der Waals surface area contributed by atoms with E-state index >= 15 is 0 Å². The minimum absolute atomic E-state index is 0.135. The highest BCUT2D eigenvalue weighted by Crippen LogP contribution is 2.44. The van der Waals surface area contributed by atoms with Crippen LogP contribution in [0.2, 0.25) is 0 Å². The van der Waals surface area contributed by atoms with Crippen LogP contribution in [-0.2, 0) is 9.59 Å². The topological polar surface area (TPSA) is 67.6 Å². The van der Waals surface area contributed by atoms with E-state index in [4.69, 9.17) is 0 Å². The van der Waals surface area contributed by atoms with Crippen LogP contribution in [0.3, 0.4) is 0 Å². The van der Waals surface area contributed by atoms with Gasteiger partial charge < -0.3 is 14.7 Å². The Bertz CT molecular complexity index is 1250. The molecule has 0 unspecified atom stereocenters. The fourth-order valence-corrected chi connectivity index (χ4v) is 5.46. The van der Waals surface area contributed by atoms with Crippen LogP contribution in [0.4, 0.5) is 5.69 Å². The maximum Gasteiger partial charge on any atom is 0.267 e. The molecule has 2 aromatic carbocycles. The van der Waals surface area contributed by atoms with Crippen molar-refractivity contribution >= 4 is 35.0 Å².